The number of aromatic nitrogens is 5. The van der Waals surface area contributed by atoms with Gasteiger partial charge in [-0.2, -0.15) is 0 Å². The quantitative estimate of drug-likeness (QED) is 0.477. The number of nitrogens with zero attached hydrogens (tertiary/aromatic N) is 4. The van der Waals surface area contributed by atoms with Crippen LogP contribution in [0.25, 0.3) is 16.9 Å². The summed E-state index contributed by atoms with van der Waals surface area (Å²) in [5.41, 5.74) is 1.52. The second kappa shape index (κ2) is 7.39. The molecule has 0 amide bonds. The summed E-state index contributed by atoms with van der Waals surface area (Å²) in [4.78, 5) is 20.7. The Bertz CT molecular complexity index is 1180. The molecular formula is C18H18N6O3S. The average Bonchev–Trinajstić information content (AvgIpc) is 3.29. The van der Waals surface area contributed by atoms with Crippen molar-refractivity contribution < 1.29 is 9.26 Å². The third kappa shape index (κ3) is 3.33. The maximum absolute atomic E-state index is 12.6. The van der Waals surface area contributed by atoms with Crippen LogP contribution in [0.1, 0.15) is 18.4 Å². The number of rotatable bonds is 6. The molecule has 0 aliphatic carbocycles. The first kappa shape index (κ1) is 18.1. The molecule has 3 heterocycles. The normalized spacial score (nSPS) is 11.1. The number of anilines is 1. The molecule has 10 heteroatoms. The van der Waals surface area contributed by atoms with Gasteiger partial charge in [0.1, 0.15) is 17.8 Å². The van der Waals surface area contributed by atoms with Crippen molar-refractivity contribution in [3.8, 4) is 17.1 Å². The van der Waals surface area contributed by atoms with E-state index in [1.807, 2.05) is 32.0 Å². The van der Waals surface area contributed by atoms with E-state index in [2.05, 4.69) is 24.9 Å². The minimum atomic E-state index is -0.246. The highest BCUT2D eigenvalue weighted by molar-refractivity contribution is 8.00. The van der Waals surface area contributed by atoms with Gasteiger partial charge in [-0.25, -0.2) is 9.50 Å². The number of imidazole rings is 1. The summed E-state index contributed by atoms with van der Waals surface area (Å²) < 4.78 is 15.2. The highest BCUT2D eigenvalue weighted by Gasteiger charge is 2.16. The summed E-state index contributed by atoms with van der Waals surface area (Å²) in [6, 6.07) is 7.38. The Hall–Kier alpha value is -3.27. The third-order valence-electron chi connectivity index (χ3n) is 4.05. The Kier molecular flexibility index (Phi) is 4.78. The Morgan fingerprint density at radius 2 is 2.18 bits per heavy atom. The number of aromatic amines is 1. The number of fused-ring (bicyclic) bond motifs is 1. The SMILES string of the molecule is CCOc1ccc(SNc2ccon2)cc1-c1nn2c(C)nc(C)c2c(=O)[nH]1. The lowest BCUT2D eigenvalue weighted by Crippen LogP contribution is -2.15. The van der Waals surface area contributed by atoms with E-state index < -0.39 is 0 Å². The maximum atomic E-state index is 12.6. The van der Waals surface area contributed by atoms with Crippen LogP contribution in [0.15, 0.2) is 44.7 Å². The molecule has 2 N–H and O–H groups in total. The van der Waals surface area contributed by atoms with E-state index in [1.54, 1.807) is 17.5 Å². The topological polar surface area (TPSA) is 110 Å². The van der Waals surface area contributed by atoms with Crippen molar-refractivity contribution in [3.63, 3.8) is 0 Å². The number of nitrogens with one attached hydrogen (secondary N) is 2. The van der Waals surface area contributed by atoms with Gasteiger partial charge in [0.2, 0.25) is 0 Å². The lowest BCUT2D eigenvalue weighted by molar-refractivity contribution is 0.341. The largest absolute Gasteiger partial charge is 0.493 e. The summed E-state index contributed by atoms with van der Waals surface area (Å²) in [5, 5.41) is 8.40. The molecule has 0 atom stereocenters. The predicted octanol–water partition coefficient (Wildman–Crippen LogP) is 3.21. The fourth-order valence-corrected chi connectivity index (χ4v) is 3.51. The molecule has 0 fully saturated rings. The number of aryl methyl sites for hydroxylation is 2. The Morgan fingerprint density at radius 1 is 1.32 bits per heavy atom. The smallest absolute Gasteiger partial charge is 0.277 e. The molecule has 1 aromatic carbocycles. The van der Waals surface area contributed by atoms with E-state index in [-0.39, 0.29) is 5.56 Å². The monoisotopic (exact) mass is 398 g/mol. The molecule has 0 bridgehead atoms. The Morgan fingerprint density at radius 3 is 2.93 bits per heavy atom. The van der Waals surface area contributed by atoms with E-state index in [9.17, 15) is 4.79 Å². The fraction of sp³-hybridized carbons (Fsp3) is 0.222. The van der Waals surface area contributed by atoms with Crippen LogP contribution in [0.4, 0.5) is 5.82 Å². The summed E-state index contributed by atoms with van der Waals surface area (Å²) in [7, 11) is 0. The van der Waals surface area contributed by atoms with Crippen molar-refractivity contribution in [3.05, 3.63) is 52.4 Å². The van der Waals surface area contributed by atoms with Gasteiger partial charge >= 0.3 is 0 Å². The van der Waals surface area contributed by atoms with Crippen molar-refractivity contribution in [2.24, 2.45) is 0 Å². The van der Waals surface area contributed by atoms with Crippen molar-refractivity contribution in [2.75, 3.05) is 11.3 Å². The zero-order valence-corrected chi connectivity index (χ0v) is 16.3. The van der Waals surface area contributed by atoms with Crippen LogP contribution in [-0.2, 0) is 0 Å². The van der Waals surface area contributed by atoms with Crippen molar-refractivity contribution in [1.29, 1.82) is 0 Å². The van der Waals surface area contributed by atoms with Gasteiger partial charge in [0.25, 0.3) is 5.56 Å². The Labute approximate surface area is 164 Å². The number of ether oxygens (including phenoxy) is 1. The number of hydrogen-bond acceptors (Lipinski definition) is 8. The molecule has 3 aromatic heterocycles. The van der Waals surface area contributed by atoms with Gasteiger partial charge in [0, 0.05) is 11.0 Å². The molecule has 0 radical (unpaired) electrons. The van der Waals surface area contributed by atoms with Gasteiger partial charge in [0.15, 0.2) is 17.2 Å². The van der Waals surface area contributed by atoms with Gasteiger partial charge in [-0.3, -0.25) is 4.79 Å². The number of hydrogen-bond donors (Lipinski definition) is 2. The molecule has 0 spiro atoms. The molecule has 0 saturated heterocycles. The lowest BCUT2D eigenvalue weighted by Gasteiger charge is -2.12. The first-order valence-corrected chi connectivity index (χ1v) is 9.45. The van der Waals surface area contributed by atoms with E-state index in [1.165, 1.54) is 18.2 Å². The molecule has 0 unspecified atom stereocenters. The number of H-pyrrole nitrogens is 1. The highest BCUT2D eigenvalue weighted by Crippen LogP contribution is 2.32. The Balaban J connectivity index is 1.78. The average molecular weight is 398 g/mol. The van der Waals surface area contributed by atoms with E-state index >= 15 is 0 Å². The zero-order valence-electron chi connectivity index (χ0n) is 15.5. The summed E-state index contributed by atoms with van der Waals surface area (Å²) in [6.45, 7) is 6.00. The van der Waals surface area contributed by atoms with Crippen molar-refractivity contribution in [2.45, 2.75) is 25.7 Å². The zero-order chi connectivity index (χ0) is 19.7. The molecule has 144 valence electrons. The summed E-state index contributed by atoms with van der Waals surface area (Å²) >= 11 is 1.36. The molecule has 0 aliphatic heterocycles. The van der Waals surface area contributed by atoms with Gasteiger partial charge in [-0.1, -0.05) is 5.16 Å². The third-order valence-corrected chi connectivity index (χ3v) is 4.86. The lowest BCUT2D eigenvalue weighted by atomic mass is 10.2. The van der Waals surface area contributed by atoms with E-state index in [0.717, 1.165) is 4.90 Å². The van der Waals surface area contributed by atoms with Gasteiger partial charge in [-0.15, -0.1) is 5.10 Å². The van der Waals surface area contributed by atoms with Crippen LogP contribution in [0.5, 0.6) is 5.75 Å². The molecule has 0 saturated carbocycles. The minimum Gasteiger partial charge on any atom is -0.493 e. The van der Waals surface area contributed by atoms with Crippen LogP contribution in [-0.4, -0.2) is 31.3 Å². The van der Waals surface area contributed by atoms with Crippen molar-refractivity contribution in [1.82, 2.24) is 24.7 Å². The molecule has 4 aromatic rings. The first-order chi connectivity index (χ1) is 13.6. The highest BCUT2D eigenvalue weighted by atomic mass is 32.2. The van der Waals surface area contributed by atoms with Crippen LogP contribution in [0.2, 0.25) is 0 Å². The van der Waals surface area contributed by atoms with Crippen LogP contribution in [0.3, 0.4) is 0 Å². The van der Waals surface area contributed by atoms with Gasteiger partial charge < -0.3 is 19.0 Å². The van der Waals surface area contributed by atoms with Crippen LogP contribution in [0, 0.1) is 13.8 Å². The van der Waals surface area contributed by atoms with Gasteiger partial charge in [-0.05, 0) is 50.9 Å². The van der Waals surface area contributed by atoms with Crippen LogP contribution < -0.4 is 15.0 Å². The standard InChI is InChI=1S/C18H18N6O3S/c1-4-26-14-6-5-12(28-23-15-7-8-27-22-15)9-13(14)17-20-18(25)16-10(2)19-11(3)24(16)21-17/h5-9H,4H2,1-3H3,(H,22,23)(H,20,21,25). The minimum absolute atomic E-state index is 0.246. The second-order valence-electron chi connectivity index (χ2n) is 5.99. The summed E-state index contributed by atoms with van der Waals surface area (Å²) in [6.07, 6.45) is 1.49. The van der Waals surface area contributed by atoms with E-state index in [0.29, 0.717) is 46.6 Å². The molecular weight excluding hydrogens is 380 g/mol. The summed E-state index contributed by atoms with van der Waals surface area (Å²) in [5.74, 6) is 2.30. The fourth-order valence-electron chi connectivity index (χ4n) is 2.87. The molecule has 4 rings (SSSR count). The van der Waals surface area contributed by atoms with Crippen LogP contribution >= 0.6 is 11.9 Å². The van der Waals surface area contributed by atoms with E-state index in [4.69, 9.17) is 9.26 Å². The van der Waals surface area contributed by atoms with Crippen molar-refractivity contribution >= 4 is 23.3 Å². The predicted molar refractivity (Wildman–Crippen MR) is 106 cm³/mol. The number of benzene rings is 1. The maximum Gasteiger partial charge on any atom is 0.277 e. The first-order valence-electron chi connectivity index (χ1n) is 8.63. The molecule has 9 nitrogen and oxygen atoms in total. The van der Waals surface area contributed by atoms with Gasteiger partial charge in [0.05, 0.1) is 17.9 Å². The second-order valence-corrected chi connectivity index (χ2v) is 6.87. The molecule has 0 aliphatic rings. The molecule has 28 heavy (non-hydrogen) atoms.